The van der Waals surface area contributed by atoms with E-state index in [1.165, 1.54) is 7.11 Å². The SMILES string of the molecule is COc1cc2c(cc1[N+](=O)[O-])CN(C)CC2. The highest BCUT2D eigenvalue weighted by atomic mass is 16.6. The van der Waals surface area contributed by atoms with Gasteiger partial charge in [-0.25, -0.2) is 0 Å². The highest BCUT2D eigenvalue weighted by molar-refractivity contribution is 5.52. The molecule has 0 unspecified atom stereocenters. The van der Waals surface area contributed by atoms with Crippen LogP contribution in [0.3, 0.4) is 0 Å². The summed E-state index contributed by atoms with van der Waals surface area (Å²) in [7, 11) is 3.47. The van der Waals surface area contributed by atoms with Gasteiger partial charge in [-0.3, -0.25) is 10.1 Å². The predicted octanol–water partition coefficient (Wildman–Crippen LogP) is 1.59. The van der Waals surface area contributed by atoms with Crippen molar-refractivity contribution in [3.63, 3.8) is 0 Å². The summed E-state index contributed by atoms with van der Waals surface area (Å²) in [5, 5.41) is 10.9. The van der Waals surface area contributed by atoms with E-state index >= 15 is 0 Å². The molecule has 1 aromatic carbocycles. The fourth-order valence-corrected chi connectivity index (χ4v) is 2.02. The maximum absolute atomic E-state index is 10.9. The number of methoxy groups -OCH3 is 1. The topological polar surface area (TPSA) is 55.6 Å². The number of rotatable bonds is 2. The molecule has 0 spiro atoms. The van der Waals surface area contributed by atoms with Gasteiger partial charge in [0.05, 0.1) is 12.0 Å². The van der Waals surface area contributed by atoms with Crippen LogP contribution in [0.25, 0.3) is 0 Å². The van der Waals surface area contributed by atoms with Crippen LogP contribution in [-0.2, 0) is 13.0 Å². The van der Waals surface area contributed by atoms with Gasteiger partial charge in [0, 0.05) is 19.2 Å². The van der Waals surface area contributed by atoms with Crippen molar-refractivity contribution in [2.75, 3.05) is 20.7 Å². The van der Waals surface area contributed by atoms with E-state index in [0.717, 1.165) is 30.6 Å². The molecule has 0 saturated carbocycles. The Balaban J connectivity index is 2.48. The van der Waals surface area contributed by atoms with Crippen molar-refractivity contribution in [1.82, 2.24) is 4.90 Å². The first-order chi connectivity index (χ1) is 7.61. The number of fused-ring (bicyclic) bond motifs is 1. The highest BCUT2D eigenvalue weighted by Crippen LogP contribution is 2.32. The number of nitro benzene ring substituents is 1. The summed E-state index contributed by atoms with van der Waals surface area (Å²) in [6.45, 7) is 1.74. The zero-order chi connectivity index (χ0) is 11.7. The van der Waals surface area contributed by atoms with E-state index in [1.54, 1.807) is 12.1 Å². The van der Waals surface area contributed by atoms with E-state index in [0.29, 0.717) is 5.75 Å². The summed E-state index contributed by atoms with van der Waals surface area (Å²) in [6, 6.07) is 3.42. The standard InChI is InChI=1S/C11H14N2O3/c1-12-4-3-8-6-11(16-2)10(13(14)15)5-9(8)7-12/h5-6H,3-4,7H2,1-2H3. The lowest BCUT2D eigenvalue weighted by molar-refractivity contribution is -0.385. The Morgan fingerprint density at radius 3 is 2.81 bits per heavy atom. The van der Waals surface area contributed by atoms with Crippen LogP contribution < -0.4 is 4.74 Å². The van der Waals surface area contributed by atoms with E-state index in [9.17, 15) is 10.1 Å². The Bertz CT molecular complexity index is 431. The lowest BCUT2D eigenvalue weighted by Crippen LogP contribution is -2.26. The van der Waals surface area contributed by atoms with Crippen LogP contribution in [0.2, 0.25) is 0 Å². The molecule has 0 aliphatic carbocycles. The maximum atomic E-state index is 10.9. The first-order valence-electron chi connectivity index (χ1n) is 5.14. The number of nitrogens with zero attached hydrogens (tertiary/aromatic N) is 2. The van der Waals surface area contributed by atoms with Gasteiger partial charge in [-0.2, -0.15) is 0 Å². The molecule has 1 heterocycles. The van der Waals surface area contributed by atoms with E-state index in [2.05, 4.69) is 4.90 Å². The minimum atomic E-state index is -0.395. The number of likely N-dealkylation sites (N-methyl/N-ethyl adjacent to an activating group) is 1. The van der Waals surface area contributed by atoms with Crippen molar-refractivity contribution in [2.45, 2.75) is 13.0 Å². The molecule has 16 heavy (non-hydrogen) atoms. The largest absolute Gasteiger partial charge is 0.490 e. The van der Waals surface area contributed by atoms with Crippen molar-refractivity contribution >= 4 is 5.69 Å². The zero-order valence-electron chi connectivity index (χ0n) is 9.40. The minimum absolute atomic E-state index is 0.0524. The van der Waals surface area contributed by atoms with Crippen LogP contribution in [0, 0.1) is 10.1 Å². The molecule has 1 aliphatic heterocycles. The average molecular weight is 222 g/mol. The minimum Gasteiger partial charge on any atom is -0.490 e. The number of benzene rings is 1. The van der Waals surface area contributed by atoms with Gasteiger partial charge in [-0.1, -0.05) is 0 Å². The Hall–Kier alpha value is -1.62. The zero-order valence-corrected chi connectivity index (χ0v) is 9.40. The quantitative estimate of drug-likeness (QED) is 0.563. The molecule has 1 aromatic rings. The molecule has 0 atom stereocenters. The lowest BCUT2D eigenvalue weighted by atomic mass is 9.99. The summed E-state index contributed by atoms with van der Waals surface area (Å²) >= 11 is 0. The average Bonchev–Trinajstić information content (AvgIpc) is 2.27. The second kappa shape index (κ2) is 4.09. The van der Waals surface area contributed by atoms with E-state index in [1.807, 2.05) is 7.05 Å². The summed E-state index contributed by atoms with van der Waals surface area (Å²) in [4.78, 5) is 12.6. The summed E-state index contributed by atoms with van der Waals surface area (Å²) in [5.74, 6) is 0.355. The Morgan fingerprint density at radius 1 is 1.44 bits per heavy atom. The number of hydrogen-bond donors (Lipinski definition) is 0. The van der Waals surface area contributed by atoms with Gasteiger partial charge in [0.25, 0.3) is 0 Å². The maximum Gasteiger partial charge on any atom is 0.311 e. The molecule has 5 heteroatoms. The van der Waals surface area contributed by atoms with Crippen LogP contribution in [0.4, 0.5) is 5.69 Å². The second-order valence-corrected chi connectivity index (χ2v) is 4.04. The van der Waals surface area contributed by atoms with E-state index < -0.39 is 4.92 Å². The first-order valence-corrected chi connectivity index (χ1v) is 5.14. The second-order valence-electron chi connectivity index (χ2n) is 4.04. The van der Waals surface area contributed by atoms with Crippen molar-refractivity contribution < 1.29 is 9.66 Å². The molecule has 0 bridgehead atoms. The molecule has 0 N–H and O–H groups in total. The summed E-state index contributed by atoms with van der Waals surface area (Å²) in [6.07, 6.45) is 0.917. The summed E-state index contributed by atoms with van der Waals surface area (Å²) < 4.78 is 5.04. The third-order valence-corrected chi connectivity index (χ3v) is 2.90. The molecule has 1 aliphatic rings. The van der Waals surface area contributed by atoms with Crippen LogP contribution in [0.1, 0.15) is 11.1 Å². The van der Waals surface area contributed by atoms with Gasteiger partial charge < -0.3 is 9.64 Å². The Morgan fingerprint density at radius 2 is 2.19 bits per heavy atom. The van der Waals surface area contributed by atoms with Crippen LogP contribution in [0.5, 0.6) is 5.75 Å². The van der Waals surface area contributed by atoms with E-state index in [4.69, 9.17) is 4.74 Å². The predicted molar refractivity (Wildman–Crippen MR) is 59.7 cm³/mol. The first kappa shape index (κ1) is 10.9. The van der Waals surface area contributed by atoms with Gasteiger partial charge >= 0.3 is 5.69 Å². The van der Waals surface area contributed by atoms with Crippen LogP contribution in [-0.4, -0.2) is 30.5 Å². The lowest BCUT2D eigenvalue weighted by Gasteiger charge is -2.25. The van der Waals surface area contributed by atoms with E-state index in [-0.39, 0.29) is 5.69 Å². The summed E-state index contributed by atoms with van der Waals surface area (Å²) in [5.41, 5.74) is 2.23. The molecular formula is C11H14N2O3. The number of nitro groups is 1. The third kappa shape index (κ3) is 1.86. The highest BCUT2D eigenvalue weighted by Gasteiger charge is 2.21. The smallest absolute Gasteiger partial charge is 0.311 e. The van der Waals surface area contributed by atoms with Gasteiger partial charge in [-0.05, 0) is 30.7 Å². The molecule has 5 nitrogen and oxygen atoms in total. The van der Waals surface area contributed by atoms with Crippen molar-refractivity contribution in [3.8, 4) is 5.75 Å². The van der Waals surface area contributed by atoms with Gasteiger partial charge in [0.2, 0.25) is 0 Å². The fraction of sp³-hybridized carbons (Fsp3) is 0.455. The van der Waals surface area contributed by atoms with Crippen molar-refractivity contribution in [2.24, 2.45) is 0 Å². The van der Waals surface area contributed by atoms with Crippen LogP contribution in [0.15, 0.2) is 12.1 Å². The molecule has 86 valence electrons. The molecule has 2 rings (SSSR count). The molecule has 0 amide bonds. The Kier molecular flexibility index (Phi) is 2.78. The molecule has 0 fully saturated rings. The number of hydrogen-bond acceptors (Lipinski definition) is 4. The molecular weight excluding hydrogens is 208 g/mol. The molecule has 0 saturated heterocycles. The fourth-order valence-electron chi connectivity index (χ4n) is 2.02. The third-order valence-electron chi connectivity index (χ3n) is 2.90. The molecule has 0 aromatic heterocycles. The van der Waals surface area contributed by atoms with Crippen molar-refractivity contribution in [3.05, 3.63) is 33.4 Å². The van der Waals surface area contributed by atoms with Gasteiger partial charge in [0.1, 0.15) is 0 Å². The van der Waals surface area contributed by atoms with Gasteiger partial charge in [-0.15, -0.1) is 0 Å². The number of ether oxygens (including phenoxy) is 1. The molecule has 0 radical (unpaired) electrons. The Labute approximate surface area is 93.8 Å². The van der Waals surface area contributed by atoms with Gasteiger partial charge in [0.15, 0.2) is 5.75 Å². The van der Waals surface area contributed by atoms with Crippen LogP contribution >= 0.6 is 0 Å². The normalized spacial score (nSPS) is 15.6. The monoisotopic (exact) mass is 222 g/mol. The van der Waals surface area contributed by atoms with Crippen molar-refractivity contribution in [1.29, 1.82) is 0 Å².